The Morgan fingerprint density at radius 1 is 0.788 bits per heavy atom. The second-order valence-electron chi connectivity index (χ2n) is 8.23. The number of rotatable bonds is 5. The number of hydrogen-bond donors (Lipinski definition) is 2. The second-order valence-corrected chi connectivity index (χ2v) is 8.23. The van der Waals surface area contributed by atoms with Gasteiger partial charge in [-0.15, -0.1) is 0 Å². The number of amides is 3. The molecule has 0 radical (unpaired) electrons. The van der Waals surface area contributed by atoms with Crippen LogP contribution in [0.5, 0.6) is 0 Å². The van der Waals surface area contributed by atoms with E-state index >= 15 is 0 Å². The first-order valence-electron chi connectivity index (χ1n) is 10.7. The summed E-state index contributed by atoms with van der Waals surface area (Å²) in [4.78, 5) is 39.6. The molecule has 3 aromatic rings. The number of nitrogens with zero attached hydrogens (tertiary/aromatic N) is 1. The summed E-state index contributed by atoms with van der Waals surface area (Å²) < 4.78 is 0. The minimum absolute atomic E-state index is 0.183. The van der Waals surface area contributed by atoms with Crippen LogP contribution in [0.3, 0.4) is 0 Å². The Hall–Kier alpha value is -4.19. The van der Waals surface area contributed by atoms with E-state index in [1.807, 2.05) is 51.1 Å². The Labute approximate surface area is 192 Å². The summed E-state index contributed by atoms with van der Waals surface area (Å²) in [6.07, 6.45) is 0. The van der Waals surface area contributed by atoms with Crippen molar-refractivity contribution in [2.24, 2.45) is 0 Å². The van der Waals surface area contributed by atoms with Gasteiger partial charge in [0.1, 0.15) is 5.70 Å². The summed E-state index contributed by atoms with van der Waals surface area (Å²) in [7, 11) is 0. The molecule has 1 aliphatic heterocycles. The van der Waals surface area contributed by atoms with Crippen LogP contribution in [0.1, 0.15) is 29.2 Å². The molecule has 0 aromatic heterocycles. The molecule has 2 N–H and O–H groups in total. The molecule has 4 rings (SSSR count). The highest BCUT2D eigenvalue weighted by molar-refractivity contribution is 6.46. The lowest BCUT2D eigenvalue weighted by Crippen LogP contribution is -2.32. The van der Waals surface area contributed by atoms with Crippen molar-refractivity contribution >= 4 is 40.4 Å². The minimum Gasteiger partial charge on any atom is -0.350 e. The van der Waals surface area contributed by atoms with Crippen molar-refractivity contribution in [1.29, 1.82) is 0 Å². The number of nitrogens with one attached hydrogen (secondary N) is 2. The molecule has 0 aliphatic carbocycles. The average molecular weight is 440 g/mol. The van der Waals surface area contributed by atoms with Gasteiger partial charge < -0.3 is 10.6 Å². The highest BCUT2D eigenvalue weighted by Crippen LogP contribution is 2.35. The molecule has 0 bridgehead atoms. The molecule has 3 aromatic carbocycles. The largest absolute Gasteiger partial charge is 0.350 e. The van der Waals surface area contributed by atoms with Gasteiger partial charge in [-0.1, -0.05) is 42.0 Å². The fourth-order valence-corrected chi connectivity index (χ4v) is 3.77. The van der Waals surface area contributed by atoms with Crippen molar-refractivity contribution in [3.8, 4) is 0 Å². The fourth-order valence-electron chi connectivity index (χ4n) is 3.77. The Kier molecular flexibility index (Phi) is 5.84. The maximum absolute atomic E-state index is 13.6. The second kappa shape index (κ2) is 8.74. The SMILES string of the molecule is CC(=O)Nc1ccc(C2=C(Nc3cc(C)ccc3C)C(=O)N(c3ccc(C)cc3)C2=O)cc1. The van der Waals surface area contributed by atoms with Gasteiger partial charge in [0.2, 0.25) is 5.91 Å². The lowest BCUT2D eigenvalue weighted by atomic mass is 10.0. The van der Waals surface area contributed by atoms with Gasteiger partial charge in [0, 0.05) is 18.3 Å². The molecule has 33 heavy (non-hydrogen) atoms. The molecule has 0 fully saturated rings. The maximum atomic E-state index is 13.6. The van der Waals surface area contributed by atoms with Gasteiger partial charge in [0.05, 0.1) is 11.3 Å². The zero-order chi connectivity index (χ0) is 23.7. The monoisotopic (exact) mass is 439 g/mol. The molecule has 6 heteroatoms. The first kappa shape index (κ1) is 22.0. The Bertz CT molecular complexity index is 1290. The summed E-state index contributed by atoms with van der Waals surface area (Å²) in [5, 5.41) is 5.95. The standard InChI is InChI=1S/C27H25N3O3/c1-16-6-13-22(14-7-16)30-26(32)24(20-9-11-21(12-10-20)28-19(4)31)25(27(30)33)29-23-15-17(2)5-8-18(23)3/h5-15,29H,1-4H3,(H,28,31). The zero-order valence-corrected chi connectivity index (χ0v) is 19.0. The average Bonchev–Trinajstić information content (AvgIpc) is 3.01. The summed E-state index contributed by atoms with van der Waals surface area (Å²) in [6, 6.07) is 20.1. The van der Waals surface area contributed by atoms with Crippen molar-refractivity contribution in [2.75, 3.05) is 15.5 Å². The third kappa shape index (κ3) is 4.41. The van der Waals surface area contributed by atoms with Crippen LogP contribution in [0.4, 0.5) is 17.1 Å². The van der Waals surface area contributed by atoms with Crippen molar-refractivity contribution in [1.82, 2.24) is 0 Å². The van der Waals surface area contributed by atoms with E-state index < -0.39 is 11.8 Å². The number of imide groups is 1. The molecule has 0 atom stereocenters. The highest BCUT2D eigenvalue weighted by Gasteiger charge is 2.40. The lowest BCUT2D eigenvalue weighted by Gasteiger charge is -2.16. The van der Waals surface area contributed by atoms with E-state index in [4.69, 9.17) is 0 Å². The molecule has 166 valence electrons. The number of carbonyl (C=O) groups excluding carboxylic acids is 3. The van der Waals surface area contributed by atoms with Crippen LogP contribution >= 0.6 is 0 Å². The predicted octanol–water partition coefficient (Wildman–Crippen LogP) is 4.97. The number of hydrogen-bond acceptors (Lipinski definition) is 4. The van der Waals surface area contributed by atoms with E-state index in [2.05, 4.69) is 10.6 Å². The van der Waals surface area contributed by atoms with Gasteiger partial charge in [-0.3, -0.25) is 14.4 Å². The number of aryl methyl sites for hydroxylation is 3. The maximum Gasteiger partial charge on any atom is 0.282 e. The van der Waals surface area contributed by atoms with Gasteiger partial charge in [-0.25, -0.2) is 4.90 Å². The third-order valence-corrected chi connectivity index (χ3v) is 5.52. The molecule has 0 spiro atoms. The molecular weight excluding hydrogens is 414 g/mol. The van der Waals surface area contributed by atoms with Crippen LogP contribution in [0.15, 0.2) is 72.4 Å². The van der Waals surface area contributed by atoms with E-state index in [-0.39, 0.29) is 17.2 Å². The van der Waals surface area contributed by atoms with Gasteiger partial charge in [0.15, 0.2) is 0 Å². The lowest BCUT2D eigenvalue weighted by molar-refractivity contribution is -0.120. The molecule has 0 saturated carbocycles. The van der Waals surface area contributed by atoms with Gasteiger partial charge in [0.25, 0.3) is 11.8 Å². The van der Waals surface area contributed by atoms with E-state index in [9.17, 15) is 14.4 Å². The summed E-state index contributed by atoms with van der Waals surface area (Å²) in [5.74, 6) is -0.994. The first-order valence-corrected chi connectivity index (χ1v) is 10.7. The quantitative estimate of drug-likeness (QED) is 0.551. The van der Waals surface area contributed by atoms with Crippen LogP contribution < -0.4 is 15.5 Å². The topological polar surface area (TPSA) is 78.5 Å². The van der Waals surface area contributed by atoms with Crippen molar-refractivity contribution < 1.29 is 14.4 Å². The van der Waals surface area contributed by atoms with E-state index in [0.717, 1.165) is 22.4 Å². The Morgan fingerprint density at radius 3 is 2.06 bits per heavy atom. The number of anilines is 3. The number of carbonyl (C=O) groups is 3. The predicted molar refractivity (Wildman–Crippen MR) is 131 cm³/mol. The van der Waals surface area contributed by atoms with Gasteiger partial charge >= 0.3 is 0 Å². The zero-order valence-electron chi connectivity index (χ0n) is 19.0. The third-order valence-electron chi connectivity index (χ3n) is 5.52. The fraction of sp³-hybridized carbons (Fsp3) is 0.148. The molecule has 3 amide bonds. The minimum atomic E-state index is -0.411. The summed E-state index contributed by atoms with van der Waals surface area (Å²) in [6.45, 7) is 7.30. The van der Waals surface area contributed by atoms with Gasteiger partial charge in [-0.05, 0) is 67.8 Å². The van der Waals surface area contributed by atoms with Crippen LogP contribution in [-0.4, -0.2) is 17.7 Å². The first-order chi connectivity index (χ1) is 15.7. The molecule has 0 unspecified atom stereocenters. The Balaban J connectivity index is 1.81. The van der Waals surface area contributed by atoms with E-state index in [1.54, 1.807) is 36.4 Å². The van der Waals surface area contributed by atoms with Crippen LogP contribution in [0.25, 0.3) is 5.57 Å². The van der Waals surface area contributed by atoms with Crippen LogP contribution in [0.2, 0.25) is 0 Å². The van der Waals surface area contributed by atoms with E-state index in [0.29, 0.717) is 16.9 Å². The van der Waals surface area contributed by atoms with Crippen LogP contribution in [-0.2, 0) is 14.4 Å². The molecule has 0 saturated heterocycles. The normalized spacial score (nSPS) is 13.5. The smallest absolute Gasteiger partial charge is 0.282 e. The van der Waals surface area contributed by atoms with Crippen molar-refractivity contribution in [3.05, 3.63) is 94.7 Å². The van der Waals surface area contributed by atoms with E-state index in [1.165, 1.54) is 11.8 Å². The van der Waals surface area contributed by atoms with Crippen LogP contribution in [0, 0.1) is 20.8 Å². The number of benzene rings is 3. The molecule has 1 heterocycles. The van der Waals surface area contributed by atoms with Crippen molar-refractivity contribution in [2.45, 2.75) is 27.7 Å². The highest BCUT2D eigenvalue weighted by atomic mass is 16.2. The molecular formula is C27H25N3O3. The molecule has 1 aliphatic rings. The summed E-state index contributed by atoms with van der Waals surface area (Å²) in [5.41, 5.74) is 6.03. The Morgan fingerprint density at radius 2 is 1.42 bits per heavy atom. The molecule has 6 nitrogen and oxygen atoms in total. The summed E-state index contributed by atoms with van der Waals surface area (Å²) >= 11 is 0. The van der Waals surface area contributed by atoms with Gasteiger partial charge in [-0.2, -0.15) is 0 Å². The van der Waals surface area contributed by atoms with Crippen molar-refractivity contribution in [3.63, 3.8) is 0 Å².